The summed E-state index contributed by atoms with van der Waals surface area (Å²) in [6.07, 6.45) is 7.05. The zero-order valence-electron chi connectivity index (χ0n) is 19.0. The van der Waals surface area contributed by atoms with Crippen LogP contribution in [0.4, 0.5) is 0 Å². The predicted octanol–water partition coefficient (Wildman–Crippen LogP) is 5.41. The summed E-state index contributed by atoms with van der Waals surface area (Å²) in [5.41, 5.74) is 8.85. The number of amides is 2. The van der Waals surface area contributed by atoms with Crippen LogP contribution in [0.3, 0.4) is 0 Å². The van der Waals surface area contributed by atoms with E-state index in [0.717, 1.165) is 25.8 Å². The van der Waals surface area contributed by atoms with Crippen LogP contribution >= 0.6 is 0 Å². The van der Waals surface area contributed by atoms with Gasteiger partial charge in [0.05, 0.1) is 11.1 Å². The Morgan fingerprint density at radius 3 is 1.85 bits per heavy atom. The van der Waals surface area contributed by atoms with Gasteiger partial charge in [0, 0.05) is 12.6 Å². The minimum absolute atomic E-state index is 0.173. The van der Waals surface area contributed by atoms with Gasteiger partial charge in [-0.2, -0.15) is 0 Å². The number of carbonyl (C=O) groups is 2. The third-order valence-electron chi connectivity index (χ3n) is 7.19. The lowest BCUT2D eigenvalue weighted by Gasteiger charge is -2.30. The summed E-state index contributed by atoms with van der Waals surface area (Å²) in [5.74, 6) is -0.347. The van der Waals surface area contributed by atoms with E-state index in [0.29, 0.717) is 17.7 Å². The van der Waals surface area contributed by atoms with Gasteiger partial charge in [-0.15, -0.1) is 0 Å². The Hall–Kier alpha value is -3.76. The highest BCUT2D eigenvalue weighted by atomic mass is 16.2. The Labute approximate surface area is 199 Å². The number of imide groups is 1. The highest BCUT2D eigenvalue weighted by Gasteiger charge is 2.35. The molecule has 0 aromatic heterocycles. The molecule has 1 aliphatic carbocycles. The lowest BCUT2D eigenvalue weighted by atomic mass is 9.84. The van der Waals surface area contributed by atoms with Gasteiger partial charge in [-0.1, -0.05) is 78.4 Å². The Bertz CT molecular complexity index is 1280. The van der Waals surface area contributed by atoms with Crippen LogP contribution in [0, 0.1) is 0 Å². The fraction of sp³-hybridized carbons (Fsp3) is 0.200. The molecule has 6 rings (SSSR count). The van der Waals surface area contributed by atoms with Crippen molar-refractivity contribution in [1.29, 1.82) is 0 Å². The molecule has 1 N–H and O–H groups in total. The van der Waals surface area contributed by atoms with Crippen molar-refractivity contribution < 1.29 is 9.59 Å². The van der Waals surface area contributed by atoms with Crippen LogP contribution in [-0.4, -0.2) is 35.8 Å². The second-order valence-corrected chi connectivity index (χ2v) is 9.19. The summed E-state index contributed by atoms with van der Waals surface area (Å²) in [7, 11) is 0. The summed E-state index contributed by atoms with van der Waals surface area (Å²) in [6.45, 7) is 1.32. The van der Waals surface area contributed by atoms with E-state index in [1.165, 1.54) is 38.3 Å². The molecule has 0 bridgehead atoms. The minimum atomic E-state index is -0.173. The molecule has 4 heteroatoms. The number of benzene rings is 3. The number of rotatable bonds is 3. The standard InChI is InChI=1S/C30H26N2O2/c33-29-26-11-5-6-12-27(26)30(34)32(29)18-16-23-19-22(15-17-31-23)28-24-9-3-1-7-20(24)13-14-21-8-2-4-10-25(21)28/h1-14,23,31H,15-19H2. The van der Waals surface area contributed by atoms with E-state index in [1.807, 2.05) is 12.1 Å². The summed E-state index contributed by atoms with van der Waals surface area (Å²) in [4.78, 5) is 27.0. The molecule has 0 saturated carbocycles. The monoisotopic (exact) mass is 446 g/mol. The van der Waals surface area contributed by atoms with Gasteiger partial charge in [0.2, 0.25) is 0 Å². The normalized spacial score (nSPS) is 19.1. The van der Waals surface area contributed by atoms with Gasteiger partial charge < -0.3 is 5.32 Å². The molecule has 1 saturated heterocycles. The lowest BCUT2D eigenvalue weighted by Crippen LogP contribution is -2.40. The number of hydrogen-bond donors (Lipinski definition) is 1. The molecule has 0 radical (unpaired) electrons. The van der Waals surface area contributed by atoms with Crippen molar-refractivity contribution in [2.24, 2.45) is 0 Å². The Kier molecular flexibility index (Phi) is 5.23. The van der Waals surface area contributed by atoms with Gasteiger partial charge in [0.15, 0.2) is 0 Å². The Balaban J connectivity index is 1.28. The molecule has 3 aromatic carbocycles. The molecule has 3 aliphatic rings. The molecule has 1 atom stereocenters. The number of nitrogens with zero attached hydrogens (tertiary/aromatic N) is 1. The fourth-order valence-corrected chi connectivity index (χ4v) is 5.50. The molecule has 168 valence electrons. The molecule has 4 nitrogen and oxygen atoms in total. The molecule has 2 amide bonds. The van der Waals surface area contributed by atoms with E-state index >= 15 is 0 Å². The molecule has 34 heavy (non-hydrogen) atoms. The van der Waals surface area contributed by atoms with E-state index < -0.39 is 0 Å². The summed E-state index contributed by atoms with van der Waals surface area (Å²) in [6, 6.07) is 24.5. The highest BCUT2D eigenvalue weighted by Crippen LogP contribution is 2.39. The maximum Gasteiger partial charge on any atom is 0.261 e. The van der Waals surface area contributed by atoms with Crippen LogP contribution in [0.2, 0.25) is 0 Å². The average Bonchev–Trinajstić information content (AvgIpc) is 3.02. The molecule has 1 unspecified atom stereocenters. The summed E-state index contributed by atoms with van der Waals surface area (Å²) < 4.78 is 0. The number of piperidine rings is 1. The second kappa shape index (κ2) is 8.54. The summed E-state index contributed by atoms with van der Waals surface area (Å²) >= 11 is 0. The van der Waals surface area contributed by atoms with Crippen LogP contribution in [0.5, 0.6) is 0 Å². The maximum absolute atomic E-state index is 12.8. The van der Waals surface area contributed by atoms with Gasteiger partial charge in [0.1, 0.15) is 0 Å². The average molecular weight is 447 g/mol. The third-order valence-corrected chi connectivity index (χ3v) is 7.19. The van der Waals surface area contributed by atoms with Crippen LogP contribution in [-0.2, 0) is 0 Å². The minimum Gasteiger partial charge on any atom is -0.313 e. The molecule has 1 fully saturated rings. The van der Waals surface area contributed by atoms with Gasteiger partial charge >= 0.3 is 0 Å². The van der Waals surface area contributed by atoms with Crippen molar-refractivity contribution in [2.45, 2.75) is 25.3 Å². The largest absolute Gasteiger partial charge is 0.313 e. The molecule has 3 aromatic rings. The van der Waals surface area contributed by atoms with Gasteiger partial charge in [-0.3, -0.25) is 14.5 Å². The van der Waals surface area contributed by atoms with E-state index in [2.05, 4.69) is 66.0 Å². The molecule has 2 aliphatic heterocycles. The van der Waals surface area contributed by atoms with E-state index in [-0.39, 0.29) is 17.9 Å². The van der Waals surface area contributed by atoms with E-state index in [9.17, 15) is 9.59 Å². The zero-order valence-corrected chi connectivity index (χ0v) is 19.0. The number of nitrogens with one attached hydrogen (secondary N) is 1. The first kappa shape index (κ1) is 20.8. The molecule has 2 heterocycles. The second-order valence-electron chi connectivity index (χ2n) is 9.19. The molecular formula is C30H26N2O2. The van der Waals surface area contributed by atoms with Crippen LogP contribution in [0.1, 0.15) is 62.2 Å². The topological polar surface area (TPSA) is 49.4 Å². The van der Waals surface area contributed by atoms with Gasteiger partial charge in [-0.05, 0) is 65.8 Å². The van der Waals surface area contributed by atoms with Crippen LogP contribution in [0.15, 0.2) is 78.4 Å². The van der Waals surface area contributed by atoms with Crippen molar-refractivity contribution in [3.63, 3.8) is 0 Å². The predicted molar refractivity (Wildman–Crippen MR) is 135 cm³/mol. The fourth-order valence-electron chi connectivity index (χ4n) is 5.50. The Morgan fingerprint density at radius 1 is 0.735 bits per heavy atom. The van der Waals surface area contributed by atoms with Crippen LogP contribution in [0.25, 0.3) is 17.7 Å². The molecule has 0 spiro atoms. The van der Waals surface area contributed by atoms with Crippen molar-refractivity contribution in [3.8, 4) is 0 Å². The van der Waals surface area contributed by atoms with Gasteiger partial charge in [-0.25, -0.2) is 0 Å². The Morgan fingerprint density at radius 2 is 1.26 bits per heavy atom. The number of fused-ring (bicyclic) bond motifs is 3. The number of hydrogen-bond acceptors (Lipinski definition) is 3. The maximum atomic E-state index is 12.8. The first-order valence-electron chi connectivity index (χ1n) is 12.0. The van der Waals surface area contributed by atoms with Crippen molar-refractivity contribution in [1.82, 2.24) is 10.2 Å². The van der Waals surface area contributed by atoms with Crippen molar-refractivity contribution in [2.75, 3.05) is 13.1 Å². The lowest BCUT2D eigenvalue weighted by molar-refractivity contribution is 0.0648. The zero-order chi connectivity index (χ0) is 23.1. The smallest absolute Gasteiger partial charge is 0.261 e. The van der Waals surface area contributed by atoms with Crippen molar-refractivity contribution >= 4 is 29.5 Å². The first-order valence-corrected chi connectivity index (χ1v) is 12.0. The highest BCUT2D eigenvalue weighted by molar-refractivity contribution is 6.21. The van der Waals surface area contributed by atoms with Gasteiger partial charge in [0.25, 0.3) is 11.8 Å². The third kappa shape index (κ3) is 3.51. The SMILES string of the molecule is O=C1c2ccccc2C(=O)N1CCC1CC(=C2c3ccccc3C=Cc3ccccc32)CCN1. The van der Waals surface area contributed by atoms with E-state index in [4.69, 9.17) is 0 Å². The summed E-state index contributed by atoms with van der Waals surface area (Å²) in [5, 5.41) is 3.63. The number of carbonyl (C=O) groups excluding carboxylic acids is 2. The van der Waals surface area contributed by atoms with E-state index in [1.54, 1.807) is 12.1 Å². The van der Waals surface area contributed by atoms with Crippen molar-refractivity contribution in [3.05, 3.63) is 112 Å². The quantitative estimate of drug-likeness (QED) is 0.428. The molecular weight excluding hydrogens is 420 g/mol. The van der Waals surface area contributed by atoms with Crippen LogP contribution < -0.4 is 5.32 Å². The first-order chi connectivity index (χ1) is 16.7.